The van der Waals surface area contributed by atoms with Crippen molar-refractivity contribution in [2.24, 2.45) is 16.8 Å². The highest BCUT2D eigenvalue weighted by Gasteiger charge is 2.25. The molecular formula is C16H32N4O. The van der Waals surface area contributed by atoms with Gasteiger partial charge in [-0.25, -0.2) is 0 Å². The first kappa shape index (κ1) is 17.8. The second-order valence-corrected chi connectivity index (χ2v) is 6.40. The first-order valence-electron chi connectivity index (χ1n) is 8.13. The smallest absolute Gasteiger partial charge is 0.241 e. The lowest BCUT2D eigenvalue weighted by Crippen LogP contribution is -2.48. The Morgan fingerprint density at radius 1 is 1.24 bits per heavy atom. The van der Waals surface area contributed by atoms with Crippen LogP contribution in [0.1, 0.15) is 46.0 Å². The number of nitrogens with zero attached hydrogens (tertiary/aromatic N) is 2. The van der Waals surface area contributed by atoms with E-state index in [9.17, 15) is 4.79 Å². The number of carbonyl (C=O) groups is 1. The summed E-state index contributed by atoms with van der Waals surface area (Å²) < 4.78 is 0. The van der Waals surface area contributed by atoms with Crippen LogP contribution in [0.25, 0.3) is 0 Å². The van der Waals surface area contributed by atoms with E-state index in [4.69, 9.17) is 0 Å². The predicted octanol–water partition coefficient (Wildman–Crippen LogP) is 1.84. The number of guanidine groups is 1. The summed E-state index contributed by atoms with van der Waals surface area (Å²) in [5.74, 6) is 2.18. The van der Waals surface area contributed by atoms with E-state index in [2.05, 4.69) is 29.5 Å². The number of likely N-dealkylation sites (N-methyl/N-ethyl adjacent to an activating group) is 1. The van der Waals surface area contributed by atoms with E-state index in [0.29, 0.717) is 17.9 Å². The summed E-state index contributed by atoms with van der Waals surface area (Å²) in [5.41, 5.74) is 0. The van der Waals surface area contributed by atoms with Crippen molar-refractivity contribution in [1.82, 2.24) is 15.5 Å². The highest BCUT2D eigenvalue weighted by Crippen LogP contribution is 2.31. The van der Waals surface area contributed by atoms with Gasteiger partial charge in [0.05, 0.1) is 6.54 Å². The normalized spacial score (nSPS) is 19.8. The molecule has 0 aromatic heterocycles. The molecule has 0 spiro atoms. The first-order chi connectivity index (χ1) is 9.95. The van der Waals surface area contributed by atoms with E-state index in [0.717, 1.165) is 5.92 Å². The highest BCUT2D eigenvalue weighted by molar-refractivity contribution is 5.86. The average Bonchev–Trinajstić information content (AvgIpc) is 2.50. The number of aliphatic imine (C=N–C) groups is 1. The summed E-state index contributed by atoms with van der Waals surface area (Å²) in [6, 6.07) is 0.355. The Balaban J connectivity index is 2.42. The minimum atomic E-state index is 0.0472. The molecule has 1 saturated carbocycles. The molecule has 0 aromatic carbocycles. The molecule has 2 atom stereocenters. The molecular weight excluding hydrogens is 264 g/mol. The third-order valence-corrected chi connectivity index (χ3v) is 4.68. The Morgan fingerprint density at radius 2 is 1.86 bits per heavy atom. The predicted molar refractivity (Wildman–Crippen MR) is 88.4 cm³/mol. The maximum atomic E-state index is 11.6. The van der Waals surface area contributed by atoms with Crippen molar-refractivity contribution in [3.63, 3.8) is 0 Å². The van der Waals surface area contributed by atoms with Crippen LogP contribution in [0.3, 0.4) is 0 Å². The Morgan fingerprint density at radius 3 is 2.38 bits per heavy atom. The highest BCUT2D eigenvalue weighted by atomic mass is 16.2. The van der Waals surface area contributed by atoms with Crippen molar-refractivity contribution in [1.29, 1.82) is 0 Å². The van der Waals surface area contributed by atoms with Crippen LogP contribution in [0, 0.1) is 11.8 Å². The minimum Gasteiger partial charge on any atom is -0.354 e. The van der Waals surface area contributed by atoms with Gasteiger partial charge in [-0.2, -0.15) is 0 Å². The van der Waals surface area contributed by atoms with Crippen molar-refractivity contribution in [2.45, 2.75) is 52.0 Å². The second kappa shape index (κ2) is 8.90. The van der Waals surface area contributed by atoms with Gasteiger partial charge in [-0.1, -0.05) is 39.0 Å². The molecule has 0 bridgehead atoms. The van der Waals surface area contributed by atoms with Gasteiger partial charge in [-0.3, -0.25) is 9.79 Å². The zero-order valence-electron chi connectivity index (χ0n) is 14.3. The lowest BCUT2D eigenvalue weighted by molar-refractivity contribution is -0.127. The molecule has 2 N–H and O–H groups in total. The molecule has 1 amide bonds. The second-order valence-electron chi connectivity index (χ2n) is 6.40. The molecule has 1 rings (SSSR count). The zero-order chi connectivity index (χ0) is 15.8. The van der Waals surface area contributed by atoms with Crippen LogP contribution in [0.4, 0.5) is 0 Å². The quantitative estimate of drug-likeness (QED) is 0.601. The van der Waals surface area contributed by atoms with Gasteiger partial charge in [-0.05, 0) is 18.8 Å². The lowest BCUT2D eigenvalue weighted by atomic mass is 9.78. The number of rotatable bonds is 5. The van der Waals surface area contributed by atoms with E-state index in [-0.39, 0.29) is 12.5 Å². The van der Waals surface area contributed by atoms with Crippen LogP contribution in [-0.4, -0.2) is 50.5 Å². The van der Waals surface area contributed by atoms with Crippen LogP contribution in [0.5, 0.6) is 0 Å². The fourth-order valence-electron chi connectivity index (χ4n) is 2.93. The van der Waals surface area contributed by atoms with E-state index in [1.807, 2.05) is 0 Å². The fraction of sp³-hybridized carbons (Fsp3) is 0.875. The van der Waals surface area contributed by atoms with Crippen LogP contribution in [-0.2, 0) is 4.79 Å². The molecule has 0 heterocycles. The van der Waals surface area contributed by atoms with Gasteiger partial charge in [0.15, 0.2) is 5.96 Å². The van der Waals surface area contributed by atoms with Crippen molar-refractivity contribution < 1.29 is 4.79 Å². The molecule has 1 aliphatic rings. The molecule has 0 aromatic rings. The molecule has 1 aliphatic carbocycles. The molecule has 0 aliphatic heterocycles. The summed E-state index contributed by atoms with van der Waals surface area (Å²) >= 11 is 0. The third-order valence-electron chi connectivity index (χ3n) is 4.68. The van der Waals surface area contributed by atoms with Crippen LogP contribution < -0.4 is 10.6 Å². The number of hydrogen-bond donors (Lipinski definition) is 2. The van der Waals surface area contributed by atoms with Crippen molar-refractivity contribution in [2.75, 3.05) is 27.7 Å². The average molecular weight is 296 g/mol. The van der Waals surface area contributed by atoms with Crippen LogP contribution >= 0.6 is 0 Å². The number of nitrogens with one attached hydrogen (secondary N) is 2. The topological polar surface area (TPSA) is 56.7 Å². The summed E-state index contributed by atoms with van der Waals surface area (Å²) in [6.07, 6.45) is 6.82. The largest absolute Gasteiger partial charge is 0.354 e. The third kappa shape index (κ3) is 5.94. The van der Waals surface area contributed by atoms with Crippen molar-refractivity contribution in [3.05, 3.63) is 0 Å². The maximum absolute atomic E-state index is 11.6. The van der Waals surface area contributed by atoms with Crippen molar-refractivity contribution >= 4 is 11.9 Å². The lowest BCUT2D eigenvalue weighted by Gasteiger charge is -2.32. The molecule has 5 heteroatoms. The van der Waals surface area contributed by atoms with E-state index in [1.54, 1.807) is 26.0 Å². The number of carbonyl (C=O) groups excluding carboxylic acids is 1. The Bertz CT molecular complexity index is 348. The van der Waals surface area contributed by atoms with E-state index >= 15 is 0 Å². The van der Waals surface area contributed by atoms with E-state index in [1.165, 1.54) is 32.1 Å². The standard InChI is InChI=1S/C16H32N4O/c1-12(14-9-7-6-8-10-14)13(2)19-16(17-3)18-11-15(21)20(4)5/h12-14H,6-11H2,1-5H3,(H2,17,18,19). The fourth-order valence-corrected chi connectivity index (χ4v) is 2.93. The van der Waals surface area contributed by atoms with Gasteiger partial charge in [0.2, 0.25) is 5.91 Å². The van der Waals surface area contributed by atoms with Gasteiger partial charge >= 0.3 is 0 Å². The number of hydrogen-bond acceptors (Lipinski definition) is 2. The minimum absolute atomic E-state index is 0.0472. The molecule has 1 fully saturated rings. The van der Waals surface area contributed by atoms with Gasteiger partial charge in [0.1, 0.15) is 0 Å². The van der Waals surface area contributed by atoms with Crippen molar-refractivity contribution in [3.8, 4) is 0 Å². The van der Waals surface area contributed by atoms with Gasteiger partial charge < -0.3 is 15.5 Å². The summed E-state index contributed by atoms with van der Waals surface area (Å²) in [4.78, 5) is 17.4. The van der Waals surface area contributed by atoms with Crippen LogP contribution in [0.2, 0.25) is 0 Å². The van der Waals surface area contributed by atoms with Gasteiger partial charge in [0.25, 0.3) is 0 Å². The molecule has 21 heavy (non-hydrogen) atoms. The maximum Gasteiger partial charge on any atom is 0.241 e. The monoisotopic (exact) mass is 296 g/mol. The molecule has 2 unspecified atom stereocenters. The summed E-state index contributed by atoms with van der Waals surface area (Å²) in [6.45, 7) is 4.81. The first-order valence-corrected chi connectivity index (χ1v) is 8.13. The van der Waals surface area contributed by atoms with Gasteiger partial charge in [0, 0.05) is 27.2 Å². The molecule has 0 saturated heterocycles. The number of amides is 1. The molecule has 122 valence electrons. The summed E-state index contributed by atoms with van der Waals surface area (Å²) in [5, 5.41) is 6.51. The Kier molecular flexibility index (Phi) is 7.54. The zero-order valence-corrected chi connectivity index (χ0v) is 14.3. The SMILES string of the molecule is CN=C(NCC(=O)N(C)C)NC(C)C(C)C1CCCCC1. The van der Waals surface area contributed by atoms with Crippen LogP contribution in [0.15, 0.2) is 4.99 Å². The summed E-state index contributed by atoms with van der Waals surface area (Å²) in [7, 11) is 5.26. The Labute approximate surface area is 129 Å². The molecule has 0 radical (unpaired) electrons. The van der Waals surface area contributed by atoms with Gasteiger partial charge in [-0.15, -0.1) is 0 Å². The molecule has 5 nitrogen and oxygen atoms in total. The Hall–Kier alpha value is -1.26. The van der Waals surface area contributed by atoms with E-state index < -0.39 is 0 Å².